The van der Waals surface area contributed by atoms with Gasteiger partial charge in [0.1, 0.15) is 5.01 Å². The van der Waals surface area contributed by atoms with E-state index in [-0.39, 0.29) is 0 Å². The zero-order valence-corrected chi connectivity index (χ0v) is 11.7. The van der Waals surface area contributed by atoms with E-state index in [0.29, 0.717) is 11.0 Å². The van der Waals surface area contributed by atoms with Crippen molar-refractivity contribution in [3.05, 3.63) is 42.5 Å². The maximum absolute atomic E-state index is 9.38. The third-order valence-corrected chi connectivity index (χ3v) is 4.22. The van der Waals surface area contributed by atoms with Crippen LogP contribution in [0.15, 0.2) is 42.5 Å². The number of anilines is 1. The molecule has 3 rings (SSSR count). The van der Waals surface area contributed by atoms with Gasteiger partial charge in [0, 0.05) is 23.8 Å². The van der Waals surface area contributed by atoms with E-state index < -0.39 is 7.12 Å². The highest BCUT2D eigenvalue weighted by Gasteiger charge is 2.17. The summed E-state index contributed by atoms with van der Waals surface area (Å²) >= 11 is 1.54. The fraction of sp³-hybridized carbons (Fsp3) is 0.0714. The van der Waals surface area contributed by atoms with Crippen molar-refractivity contribution >= 4 is 39.8 Å². The van der Waals surface area contributed by atoms with Crippen molar-refractivity contribution in [3.8, 4) is 10.6 Å². The molecule has 1 heterocycles. The van der Waals surface area contributed by atoms with Gasteiger partial charge in [0.2, 0.25) is 0 Å². The maximum Gasteiger partial charge on any atom is 0.490 e. The van der Waals surface area contributed by atoms with Crippen LogP contribution in [0.5, 0.6) is 0 Å². The number of fused-ring (bicyclic) bond motifs is 1. The predicted molar refractivity (Wildman–Crippen MR) is 84.4 cm³/mol. The lowest BCUT2D eigenvalue weighted by atomic mass is 9.79. The Morgan fingerprint density at radius 2 is 1.85 bits per heavy atom. The summed E-state index contributed by atoms with van der Waals surface area (Å²) < 4.78 is 0.947. The molecule has 0 saturated carbocycles. The summed E-state index contributed by atoms with van der Waals surface area (Å²) in [5.41, 5.74) is 3.15. The monoisotopic (exact) mass is 284 g/mol. The number of nitrogens with one attached hydrogen (secondary N) is 1. The Balaban J connectivity index is 2.10. The van der Waals surface area contributed by atoms with E-state index in [1.807, 2.05) is 43.4 Å². The molecule has 0 aliphatic heterocycles. The van der Waals surface area contributed by atoms with Gasteiger partial charge in [-0.2, -0.15) is 0 Å². The minimum atomic E-state index is -1.50. The van der Waals surface area contributed by atoms with E-state index >= 15 is 0 Å². The molecule has 0 aliphatic rings. The third kappa shape index (κ3) is 2.29. The Morgan fingerprint density at radius 1 is 1.10 bits per heavy atom. The number of rotatable bonds is 3. The van der Waals surface area contributed by atoms with Crippen molar-refractivity contribution in [2.24, 2.45) is 0 Å². The molecule has 0 bridgehead atoms. The lowest BCUT2D eigenvalue weighted by Crippen LogP contribution is -2.30. The number of hydrogen-bond donors (Lipinski definition) is 3. The van der Waals surface area contributed by atoms with Gasteiger partial charge in [-0.3, -0.25) is 0 Å². The van der Waals surface area contributed by atoms with Crippen LogP contribution in [-0.2, 0) is 0 Å². The first-order chi connectivity index (χ1) is 9.69. The van der Waals surface area contributed by atoms with Crippen molar-refractivity contribution < 1.29 is 10.0 Å². The lowest BCUT2D eigenvalue weighted by molar-refractivity contribution is 0.426. The van der Waals surface area contributed by atoms with Crippen LogP contribution < -0.4 is 10.8 Å². The first kappa shape index (κ1) is 13.1. The van der Waals surface area contributed by atoms with Crippen LogP contribution in [0.1, 0.15) is 0 Å². The summed E-state index contributed by atoms with van der Waals surface area (Å²) in [5, 5.41) is 22.7. The molecule has 20 heavy (non-hydrogen) atoms. The van der Waals surface area contributed by atoms with Crippen LogP contribution in [0, 0.1) is 0 Å². The van der Waals surface area contributed by atoms with E-state index in [1.165, 1.54) is 0 Å². The van der Waals surface area contributed by atoms with E-state index in [1.54, 1.807) is 17.4 Å². The molecule has 0 aliphatic carbocycles. The topological polar surface area (TPSA) is 65.4 Å². The van der Waals surface area contributed by atoms with E-state index in [0.717, 1.165) is 21.0 Å². The van der Waals surface area contributed by atoms with Gasteiger partial charge < -0.3 is 15.4 Å². The quantitative estimate of drug-likeness (QED) is 0.640. The molecule has 100 valence electrons. The smallest absolute Gasteiger partial charge is 0.423 e. The van der Waals surface area contributed by atoms with E-state index in [9.17, 15) is 10.0 Å². The Kier molecular flexibility index (Phi) is 3.44. The fourth-order valence-corrected chi connectivity index (χ4v) is 3.09. The Bertz CT molecular complexity index is 741. The van der Waals surface area contributed by atoms with E-state index in [2.05, 4.69) is 10.3 Å². The molecule has 0 unspecified atom stereocenters. The van der Waals surface area contributed by atoms with Crippen molar-refractivity contribution in [1.82, 2.24) is 4.98 Å². The average Bonchev–Trinajstić information content (AvgIpc) is 2.90. The number of thiazole rings is 1. The number of benzene rings is 2. The molecule has 6 heteroatoms. The van der Waals surface area contributed by atoms with Gasteiger partial charge >= 0.3 is 7.12 Å². The van der Waals surface area contributed by atoms with Crippen LogP contribution in [0.4, 0.5) is 5.69 Å². The second kappa shape index (κ2) is 5.24. The summed E-state index contributed by atoms with van der Waals surface area (Å²) in [6.07, 6.45) is 0. The number of aromatic nitrogens is 1. The Morgan fingerprint density at radius 3 is 2.50 bits per heavy atom. The minimum absolute atomic E-state index is 0.442. The maximum atomic E-state index is 9.38. The molecule has 0 radical (unpaired) electrons. The highest BCUT2D eigenvalue weighted by atomic mass is 32.1. The fourth-order valence-electron chi connectivity index (χ4n) is 2.08. The summed E-state index contributed by atoms with van der Waals surface area (Å²) in [6, 6.07) is 13.4. The molecule has 0 atom stereocenters. The molecule has 3 N–H and O–H groups in total. The highest BCUT2D eigenvalue weighted by Crippen LogP contribution is 2.30. The molecule has 2 aromatic carbocycles. The van der Waals surface area contributed by atoms with Gasteiger partial charge in [0.25, 0.3) is 0 Å². The molecule has 4 nitrogen and oxygen atoms in total. The Labute approximate surface area is 120 Å². The molecule has 0 amide bonds. The average molecular weight is 284 g/mol. The van der Waals surface area contributed by atoms with Crippen LogP contribution in [0.2, 0.25) is 0 Å². The predicted octanol–water partition coefficient (Wildman–Crippen LogP) is 1.68. The second-order valence-electron chi connectivity index (χ2n) is 4.41. The summed E-state index contributed by atoms with van der Waals surface area (Å²) in [6.45, 7) is 0. The molecule has 3 aromatic rings. The molecule has 0 spiro atoms. The molecular formula is C14H13BN2O2S. The normalized spacial score (nSPS) is 10.8. The van der Waals surface area contributed by atoms with Gasteiger partial charge in [0.05, 0.1) is 10.2 Å². The van der Waals surface area contributed by atoms with Crippen LogP contribution in [-0.4, -0.2) is 29.2 Å². The largest absolute Gasteiger partial charge is 0.490 e. The molecule has 1 aromatic heterocycles. The molecular weight excluding hydrogens is 271 g/mol. The molecule has 0 saturated heterocycles. The van der Waals surface area contributed by atoms with Gasteiger partial charge in [-0.05, 0) is 30.3 Å². The first-order valence-corrected chi connectivity index (χ1v) is 7.04. The summed E-state index contributed by atoms with van der Waals surface area (Å²) in [5.74, 6) is 0. The van der Waals surface area contributed by atoms with Crippen LogP contribution in [0.25, 0.3) is 20.8 Å². The minimum Gasteiger partial charge on any atom is -0.423 e. The van der Waals surface area contributed by atoms with Crippen LogP contribution in [0.3, 0.4) is 0 Å². The number of hydrogen-bond acceptors (Lipinski definition) is 5. The lowest BCUT2D eigenvalue weighted by Gasteiger charge is -2.00. The second-order valence-corrected chi connectivity index (χ2v) is 5.44. The summed E-state index contributed by atoms with van der Waals surface area (Å²) in [4.78, 5) is 4.54. The number of para-hydroxylation sites is 1. The first-order valence-electron chi connectivity index (χ1n) is 6.23. The van der Waals surface area contributed by atoms with Gasteiger partial charge in [-0.25, -0.2) is 4.98 Å². The van der Waals surface area contributed by atoms with Crippen molar-refractivity contribution in [2.45, 2.75) is 0 Å². The van der Waals surface area contributed by atoms with Crippen molar-refractivity contribution in [2.75, 3.05) is 12.4 Å². The highest BCUT2D eigenvalue weighted by molar-refractivity contribution is 7.21. The van der Waals surface area contributed by atoms with E-state index in [4.69, 9.17) is 0 Å². The number of nitrogens with zero attached hydrogens (tertiary/aromatic N) is 1. The Hall–Kier alpha value is -1.89. The zero-order valence-electron chi connectivity index (χ0n) is 10.9. The summed E-state index contributed by atoms with van der Waals surface area (Å²) in [7, 11) is 0.377. The SMILES string of the molecule is CNc1ccc(-c2nc3c(B(O)O)cccc3s2)cc1. The van der Waals surface area contributed by atoms with Crippen LogP contribution >= 0.6 is 11.3 Å². The van der Waals surface area contributed by atoms with Crippen molar-refractivity contribution in [1.29, 1.82) is 0 Å². The van der Waals surface area contributed by atoms with Gasteiger partial charge in [-0.15, -0.1) is 11.3 Å². The van der Waals surface area contributed by atoms with Crippen molar-refractivity contribution in [3.63, 3.8) is 0 Å². The zero-order chi connectivity index (χ0) is 14.1. The standard InChI is InChI=1S/C14H13BN2O2S/c1-16-10-7-5-9(6-8-10)14-17-13-11(15(18)19)3-2-4-12(13)20-14/h2-8,16,18-19H,1H3. The molecule has 0 fully saturated rings. The third-order valence-electron chi connectivity index (χ3n) is 3.15. The van der Waals surface area contributed by atoms with Gasteiger partial charge in [-0.1, -0.05) is 12.1 Å². The van der Waals surface area contributed by atoms with Gasteiger partial charge in [0.15, 0.2) is 0 Å².